The molecule has 0 aromatic rings. The van der Waals surface area contributed by atoms with Crippen LogP contribution in [-0.4, -0.2) is 42.9 Å². The average Bonchev–Trinajstić information content (AvgIpc) is 1.84. The SMILES string of the molecule is BN(S(C)(C)C)S(C)(C)C#CC. The standard InChI is InChI=1S/C8H20BNS2/c1-7-8-12(5,6)10(9)11(2,3)4/h9H2,1-6H3. The van der Waals surface area contributed by atoms with E-state index in [4.69, 9.17) is 0 Å². The van der Waals surface area contributed by atoms with Crippen molar-refractivity contribution in [2.75, 3.05) is 31.3 Å². The van der Waals surface area contributed by atoms with Crippen molar-refractivity contribution < 1.29 is 0 Å². The van der Waals surface area contributed by atoms with Crippen LogP contribution in [0.2, 0.25) is 0 Å². The lowest BCUT2D eigenvalue weighted by Gasteiger charge is -2.48. The highest BCUT2D eigenvalue weighted by Gasteiger charge is 2.22. The van der Waals surface area contributed by atoms with Crippen molar-refractivity contribution in [1.29, 1.82) is 0 Å². The molecule has 0 aliphatic rings. The highest BCUT2D eigenvalue weighted by molar-refractivity contribution is 8.46. The first-order valence-corrected chi connectivity index (χ1v) is 9.03. The Hall–Kier alpha value is 0.285. The molecule has 0 unspecified atom stereocenters. The summed E-state index contributed by atoms with van der Waals surface area (Å²) in [6.07, 6.45) is 11.4. The van der Waals surface area contributed by atoms with Gasteiger partial charge in [0.15, 0.2) is 0 Å². The summed E-state index contributed by atoms with van der Waals surface area (Å²) < 4.78 is 2.45. The molecule has 0 atom stereocenters. The second-order valence-electron chi connectivity index (χ2n) is 3.84. The van der Waals surface area contributed by atoms with Crippen molar-refractivity contribution in [1.82, 2.24) is 3.62 Å². The molecule has 0 aromatic heterocycles. The molecule has 1 nitrogen and oxygen atoms in total. The van der Waals surface area contributed by atoms with Gasteiger partial charge in [0.25, 0.3) is 0 Å². The number of hydrogen-bond donors (Lipinski definition) is 0. The van der Waals surface area contributed by atoms with Gasteiger partial charge in [-0.1, -0.05) is 5.92 Å². The van der Waals surface area contributed by atoms with Crippen LogP contribution in [0.5, 0.6) is 0 Å². The van der Waals surface area contributed by atoms with Crippen LogP contribution in [0, 0.1) is 11.2 Å². The molecule has 72 valence electrons. The molecule has 0 saturated carbocycles. The summed E-state index contributed by atoms with van der Waals surface area (Å²) in [5.74, 6) is 3.02. The van der Waals surface area contributed by atoms with Gasteiger partial charge in [-0.25, -0.2) is 0 Å². The summed E-state index contributed by atoms with van der Waals surface area (Å²) >= 11 is 0. The Bertz CT molecular complexity index is 209. The van der Waals surface area contributed by atoms with Crippen LogP contribution in [-0.2, 0) is 0 Å². The Morgan fingerprint density at radius 3 is 1.75 bits per heavy atom. The van der Waals surface area contributed by atoms with Gasteiger partial charge in [-0.3, -0.25) is 3.62 Å². The molecule has 0 fully saturated rings. The van der Waals surface area contributed by atoms with Crippen LogP contribution in [0.3, 0.4) is 0 Å². The third-order valence-corrected chi connectivity index (χ3v) is 7.76. The van der Waals surface area contributed by atoms with Gasteiger partial charge in [-0.05, 0) is 43.5 Å². The lowest BCUT2D eigenvalue weighted by atomic mass is 10.5. The van der Waals surface area contributed by atoms with Crippen molar-refractivity contribution in [3.63, 3.8) is 0 Å². The van der Waals surface area contributed by atoms with Crippen LogP contribution in [0.1, 0.15) is 6.92 Å². The van der Waals surface area contributed by atoms with Gasteiger partial charge in [-0.15, -0.1) is 10.2 Å². The quantitative estimate of drug-likeness (QED) is 0.486. The van der Waals surface area contributed by atoms with Crippen LogP contribution in [0.4, 0.5) is 0 Å². The molecular formula is C8H20BNS2. The van der Waals surface area contributed by atoms with Crippen molar-refractivity contribution in [2.24, 2.45) is 0 Å². The number of hydrogen-bond acceptors (Lipinski definition) is 1. The third-order valence-electron chi connectivity index (χ3n) is 1.77. The van der Waals surface area contributed by atoms with Crippen molar-refractivity contribution in [2.45, 2.75) is 6.92 Å². The lowest BCUT2D eigenvalue weighted by Crippen LogP contribution is -2.25. The zero-order chi connectivity index (χ0) is 9.99. The van der Waals surface area contributed by atoms with Gasteiger partial charge in [0, 0.05) is 0 Å². The molecule has 0 bridgehead atoms. The van der Waals surface area contributed by atoms with Crippen LogP contribution in [0.15, 0.2) is 0 Å². The highest BCUT2D eigenvalue weighted by Crippen LogP contribution is 2.56. The minimum Gasteiger partial charge on any atom is -0.271 e. The second-order valence-corrected chi connectivity index (χ2v) is 11.5. The van der Waals surface area contributed by atoms with Crippen LogP contribution >= 0.6 is 20.4 Å². The van der Waals surface area contributed by atoms with Gasteiger partial charge in [0.1, 0.15) is 0 Å². The first-order valence-electron chi connectivity index (χ1n) is 3.81. The predicted octanol–water partition coefficient (Wildman–Crippen LogP) is 1.41. The molecule has 0 spiro atoms. The predicted molar refractivity (Wildman–Crippen MR) is 68.6 cm³/mol. The molecule has 0 saturated heterocycles. The van der Waals surface area contributed by atoms with E-state index < -0.39 is 20.4 Å². The molecule has 4 heteroatoms. The van der Waals surface area contributed by atoms with E-state index in [-0.39, 0.29) is 0 Å². The van der Waals surface area contributed by atoms with Gasteiger partial charge in [0.05, 0.1) is 0 Å². The molecule has 0 aliphatic carbocycles. The molecule has 0 N–H and O–H groups in total. The number of nitrogens with zero attached hydrogens (tertiary/aromatic N) is 1. The fourth-order valence-corrected chi connectivity index (χ4v) is 6.09. The van der Waals surface area contributed by atoms with Crippen molar-refractivity contribution >= 4 is 28.4 Å². The summed E-state index contributed by atoms with van der Waals surface area (Å²) in [7, 11) is 0.716. The van der Waals surface area contributed by atoms with Gasteiger partial charge < -0.3 is 0 Å². The minimum absolute atomic E-state index is 0.615. The van der Waals surface area contributed by atoms with Crippen molar-refractivity contribution in [3.8, 4) is 11.2 Å². The maximum atomic E-state index is 3.31. The zero-order valence-corrected chi connectivity index (χ0v) is 10.9. The summed E-state index contributed by atoms with van der Waals surface area (Å²) in [6.45, 7) is 1.92. The van der Waals surface area contributed by atoms with Crippen LogP contribution in [0.25, 0.3) is 0 Å². The molecular weight excluding hydrogens is 185 g/mol. The topological polar surface area (TPSA) is 3.24 Å². The van der Waals surface area contributed by atoms with E-state index in [2.05, 4.69) is 54.1 Å². The van der Waals surface area contributed by atoms with E-state index in [1.165, 1.54) is 0 Å². The number of rotatable bonds is 2. The average molecular weight is 205 g/mol. The maximum Gasteiger partial charge on any atom is 0.212 e. The lowest BCUT2D eigenvalue weighted by molar-refractivity contribution is 1.19. The minimum atomic E-state index is -0.859. The molecule has 0 rings (SSSR count). The van der Waals surface area contributed by atoms with Gasteiger partial charge in [-0.2, -0.15) is 10.2 Å². The van der Waals surface area contributed by atoms with E-state index in [1.807, 2.05) is 6.92 Å². The summed E-state index contributed by atoms with van der Waals surface area (Å²) in [5, 5.41) is 3.31. The Morgan fingerprint density at radius 1 is 1.08 bits per heavy atom. The van der Waals surface area contributed by atoms with E-state index in [1.54, 1.807) is 0 Å². The monoisotopic (exact) mass is 205 g/mol. The third kappa shape index (κ3) is 3.34. The molecule has 0 aromatic carbocycles. The van der Waals surface area contributed by atoms with Gasteiger partial charge in [0.2, 0.25) is 7.98 Å². The molecule has 0 radical (unpaired) electrons. The largest absolute Gasteiger partial charge is 0.271 e. The molecule has 12 heavy (non-hydrogen) atoms. The van der Waals surface area contributed by atoms with E-state index in [0.717, 1.165) is 0 Å². The zero-order valence-electron chi connectivity index (χ0n) is 9.26. The highest BCUT2D eigenvalue weighted by atomic mass is 32.3. The second kappa shape index (κ2) is 4.00. The summed E-state index contributed by atoms with van der Waals surface area (Å²) in [6, 6.07) is 0. The normalized spacial score (nSPS) is 15.2. The van der Waals surface area contributed by atoms with E-state index in [9.17, 15) is 0 Å². The Balaban J connectivity index is 4.64. The van der Waals surface area contributed by atoms with Gasteiger partial charge >= 0.3 is 0 Å². The Morgan fingerprint density at radius 2 is 1.50 bits per heavy atom. The Kier molecular flexibility index (Phi) is 4.09. The molecule has 0 heterocycles. The van der Waals surface area contributed by atoms with E-state index >= 15 is 0 Å². The fraction of sp³-hybridized carbons (Fsp3) is 0.750. The molecule has 0 aliphatic heterocycles. The smallest absolute Gasteiger partial charge is 0.212 e. The summed E-state index contributed by atoms with van der Waals surface area (Å²) in [5.41, 5.74) is 0. The van der Waals surface area contributed by atoms with E-state index in [0.29, 0.717) is 0 Å². The van der Waals surface area contributed by atoms with Crippen LogP contribution < -0.4 is 0 Å². The first-order chi connectivity index (χ1) is 5.22. The maximum absolute atomic E-state index is 3.31. The fourth-order valence-electron chi connectivity index (χ4n) is 0.873. The summed E-state index contributed by atoms with van der Waals surface area (Å²) in [4.78, 5) is 0. The Labute approximate surface area is 81.6 Å². The molecule has 0 amide bonds. The first kappa shape index (κ1) is 12.3. The van der Waals surface area contributed by atoms with Crippen molar-refractivity contribution in [3.05, 3.63) is 0 Å².